The second kappa shape index (κ2) is 5.86. The topological polar surface area (TPSA) is 60.2 Å². The molecule has 4 heterocycles. The van der Waals surface area contributed by atoms with Gasteiger partial charge >= 0.3 is 0 Å². The highest BCUT2D eigenvalue weighted by molar-refractivity contribution is 5.82. The maximum Gasteiger partial charge on any atom is 0.263 e. The Hall–Kier alpha value is -2.37. The third-order valence-corrected chi connectivity index (χ3v) is 5.73. The van der Waals surface area contributed by atoms with Crippen LogP contribution >= 0.6 is 0 Å². The number of nitrogens with zero attached hydrogens (tertiary/aromatic N) is 4. The number of aromatic nitrogens is 3. The minimum atomic E-state index is -0.355. The summed E-state index contributed by atoms with van der Waals surface area (Å²) in [5.74, 6) is 3.66. The highest BCUT2D eigenvalue weighted by Gasteiger charge is 2.35. The number of carbonyl (C=O) groups excluding carboxylic acids is 1. The number of amides is 1. The van der Waals surface area contributed by atoms with E-state index in [1.807, 2.05) is 29.2 Å². The molecule has 1 aromatic carbocycles. The third-order valence-electron chi connectivity index (χ3n) is 5.73. The molecule has 1 saturated heterocycles. The molecule has 1 amide bonds. The number of hydrogen-bond donors (Lipinski definition) is 0. The molecular formula is C19H22N4O2. The van der Waals surface area contributed by atoms with Gasteiger partial charge in [-0.25, -0.2) is 0 Å². The molecule has 25 heavy (non-hydrogen) atoms. The zero-order chi connectivity index (χ0) is 16.8. The highest BCUT2D eigenvalue weighted by Crippen LogP contribution is 2.32. The Balaban J connectivity index is 1.23. The first-order valence-electron chi connectivity index (χ1n) is 9.25. The smallest absolute Gasteiger partial charge is 0.263 e. The van der Waals surface area contributed by atoms with Crippen molar-refractivity contribution in [3.8, 4) is 5.75 Å². The second-order valence-corrected chi connectivity index (χ2v) is 7.25. The quantitative estimate of drug-likeness (QED) is 0.839. The van der Waals surface area contributed by atoms with Gasteiger partial charge in [-0.05, 0) is 30.9 Å². The van der Waals surface area contributed by atoms with Crippen molar-refractivity contribution in [2.45, 2.75) is 50.7 Å². The van der Waals surface area contributed by atoms with Crippen LogP contribution in [-0.2, 0) is 24.2 Å². The maximum absolute atomic E-state index is 12.8. The van der Waals surface area contributed by atoms with Gasteiger partial charge < -0.3 is 14.2 Å². The van der Waals surface area contributed by atoms with Crippen LogP contribution in [0.15, 0.2) is 24.3 Å². The van der Waals surface area contributed by atoms with Gasteiger partial charge in [0.25, 0.3) is 5.91 Å². The summed E-state index contributed by atoms with van der Waals surface area (Å²) in [6.45, 7) is 2.61. The highest BCUT2D eigenvalue weighted by atomic mass is 16.5. The van der Waals surface area contributed by atoms with Crippen molar-refractivity contribution in [1.82, 2.24) is 19.7 Å². The molecule has 0 radical (unpaired) electrons. The minimum Gasteiger partial charge on any atom is -0.480 e. The molecule has 130 valence electrons. The van der Waals surface area contributed by atoms with Crippen LogP contribution in [0.25, 0.3) is 0 Å². The van der Waals surface area contributed by atoms with Crippen molar-refractivity contribution < 1.29 is 9.53 Å². The summed E-state index contributed by atoms with van der Waals surface area (Å²) in [5.41, 5.74) is 1.13. The number of fused-ring (bicyclic) bond motifs is 2. The number of likely N-dealkylation sites (tertiary alicyclic amines) is 1. The van der Waals surface area contributed by atoms with Crippen LogP contribution in [0, 0.1) is 0 Å². The number of benzene rings is 1. The lowest BCUT2D eigenvalue weighted by Gasteiger charge is -2.32. The molecule has 5 rings (SSSR count). The molecule has 1 aromatic heterocycles. The molecular weight excluding hydrogens is 316 g/mol. The van der Waals surface area contributed by atoms with Gasteiger partial charge in [-0.1, -0.05) is 18.2 Å². The average molecular weight is 338 g/mol. The Labute approximate surface area is 146 Å². The normalized spacial score (nSPS) is 22.6. The van der Waals surface area contributed by atoms with Crippen LogP contribution in [-0.4, -0.2) is 44.8 Å². The van der Waals surface area contributed by atoms with E-state index in [1.165, 1.54) is 6.42 Å². The fourth-order valence-corrected chi connectivity index (χ4v) is 4.36. The van der Waals surface area contributed by atoms with Crippen molar-refractivity contribution in [1.29, 1.82) is 0 Å². The first-order valence-corrected chi connectivity index (χ1v) is 9.25. The predicted octanol–water partition coefficient (Wildman–Crippen LogP) is 1.93. The van der Waals surface area contributed by atoms with E-state index in [1.54, 1.807) is 0 Å². The van der Waals surface area contributed by atoms with Gasteiger partial charge in [0.05, 0.1) is 0 Å². The van der Waals surface area contributed by atoms with Crippen molar-refractivity contribution in [2.75, 3.05) is 13.1 Å². The first kappa shape index (κ1) is 14.9. The molecule has 3 aliphatic rings. The van der Waals surface area contributed by atoms with Gasteiger partial charge in [-0.15, -0.1) is 10.2 Å². The fourth-order valence-electron chi connectivity index (χ4n) is 4.36. The van der Waals surface area contributed by atoms with E-state index < -0.39 is 0 Å². The molecule has 0 aliphatic carbocycles. The molecule has 0 bridgehead atoms. The zero-order valence-corrected chi connectivity index (χ0v) is 14.2. The van der Waals surface area contributed by atoms with Gasteiger partial charge in [-0.3, -0.25) is 4.79 Å². The zero-order valence-electron chi connectivity index (χ0n) is 14.2. The van der Waals surface area contributed by atoms with Crippen molar-refractivity contribution in [3.63, 3.8) is 0 Å². The predicted molar refractivity (Wildman–Crippen MR) is 91.5 cm³/mol. The van der Waals surface area contributed by atoms with E-state index in [2.05, 4.69) is 14.8 Å². The SMILES string of the molecule is O=C(C1Cc2ccccc2O1)N1CCC(c2nnc3n2CCC3)CC1. The van der Waals surface area contributed by atoms with Crippen molar-refractivity contribution in [2.24, 2.45) is 0 Å². The van der Waals surface area contributed by atoms with Crippen LogP contribution in [0.5, 0.6) is 5.75 Å². The van der Waals surface area contributed by atoms with E-state index >= 15 is 0 Å². The number of carbonyl (C=O) groups is 1. The Morgan fingerprint density at radius 1 is 1.12 bits per heavy atom. The lowest BCUT2D eigenvalue weighted by Crippen LogP contribution is -2.45. The number of rotatable bonds is 2. The average Bonchev–Trinajstić information content (AvgIpc) is 3.36. The monoisotopic (exact) mass is 338 g/mol. The molecule has 6 nitrogen and oxygen atoms in total. The Morgan fingerprint density at radius 2 is 1.96 bits per heavy atom. The van der Waals surface area contributed by atoms with E-state index in [-0.39, 0.29) is 12.0 Å². The molecule has 1 unspecified atom stereocenters. The number of hydrogen-bond acceptors (Lipinski definition) is 4. The summed E-state index contributed by atoms with van der Waals surface area (Å²) in [6.07, 6.45) is 4.48. The van der Waals surface area contributed by atoms with Crippen LogP contribution < -0.4 is 4.74 Å². The van der Waals surface area contributed by atoms with Crippen LogP contribution in [0.2, 0.25) is 0 Å². The maximum atomic E-state index is 12.8. The number of aryl methyl sites for hydroxylation is 1. The van der Waals surface area contributed by atoms with Crippen LogP contribution in [0.3, 0.4) is 0 Å². The number of piperidine rings is 1. The second-order valence-electron chi connectivity index (χ2n) is 7.25. The van der Waals surface area contributed by atoms with Crippen molar-refractivity contribution >= 4 is 5.91 Å². The van der Waals surface area contributed by atoms with Gasteiger partial charge in [-0.2, -0.15) is 0 Å². The summed E-state index contributed by atoms with van der Waals surface area (Å²) in [4.78, 5) is 14.8. The third kappa shape index (κ3) is 2.51. The number of ether oxygens (including phenoxy) is 1. The van der Waals surface area contributed by atoms with Gasteiger partial charge in [0.1, 0.15) is 17.4 Å². The van der Waals surface area contributed by atoms with E-state index in [0.717, 1.165) is 61.9 Å². The summed E-state index contributed by atoms with van der Waals surface area (Å²) in [6, 6.07) is 7.94. The molecule has 0 spiro atoms. The standard InChI is InChI=1S/C19H22N4O2/c24-19(16-12-14-4-1-2-5-15(14)25-16)22-10-7-13(8-11-22)18-21-20-17-6-3-9-23(17)18/h1-2,4-5,13,16H,3,6-12H2. The summed E-state index contributed by atoms with van der Waals surface area (Å²) in [5, 5.41) is 8.75. The first-order chi connectivity index (χ1) is 12.3. The van der Waals surface area contributed by atoms with E-state index in [9.17, 15) is 4.79 Å². The summed E-state index contributed by atoms with van der Waals surface area (Å²) >= 11 is 0. The summed E-state index contributed by atoms with van der Waals surface area (Å²) < 4.78 is 8.15. The van der Waals surface area contributed by atoms with Gasteiger partial charge in [0, 0.05) is 38.4 Å². The Kier molecular flexibility index (Phi) is 3.50. The molecule has 3 aliphatic heterocycles. The molecule has 1 fully saturated rings. The lowest BCUT2D eigenvalue weighted by molar-refractivity contribution is -0.139. The van der Waals surface area contributed by atoms with E-state index in [0.29, 0.717) is 12.3 Å². The minimum absolute atomic E-state index is 0.126. The summed E-state index contributed by atoms with van der Waals surface area (Å²) in [7, 11) is 0. The molecule has 1 atom stereocenters. The van der Waals surface area contributed by atoms with Crippen LogP contribution in [0.4, 0.5) is 0 Å². The Bertz CT molecular complexity index is 783. The van der Waals surface area contributed by atoms with Gasteiger partial charge in [0.15, 0.2) is 6.10 Å². The Morgan fingerprint density at radius 3 is 2.80 bits per heavy atom. The van der Waals surface area contributed by atoms with E-state index in [4.69, 9.17) is 4.74 Å². The number of para-hydroxylation sites is 1. The molecule has 0 saturated carbocycles. The fraction of sp³-hybridized carbons (Fsp3) is 0.526. The largest absolute Gasteiger partial charge is 0.480 e. The molecule has 0 N–H and O–H groups in total. The van der Waals surface area contributed by atoms with Crippen LogP contribution in [0.1, 0.15) is 42.4 Å². The molecule has 6 heteroatoms. The molecule has 2 aromatic rings. The van der Waals surface area contributed by atoms with Gasteiger partial charge in [0.2, 0.25) is 0 Å². The lowest BCUT2D eigenvalue weighted by atomic mass is 9.95. The van der Waals surface area contributed by atoms with Crippen molar-refractivity contribution in [3.05, 3.63) is 41.5 Å².